The maximum absolute atomic E-state index is 12.8. The molecule has 0 radical (unpaired) electrons. The number of thiophene rings is 1. The van der Waals surface area contributed by atoms with E-state index in [1.807, 2.05) is 0 Å². The molecular formula is C21H22N2O6S2. The molecule has 3 rings (SSSR count). The summed E-state index contributed by atoms with van der Waals surface area (Å²) in [6.45, 7) is 3.16. The fourth-order valence-corrected chi connectivity index (χ4v) is 4.86. The molecule has 1 amide bonds. The number of esters is 1. The first-order valence-electron chi connectivity index (χ1n) is 9.38. The first-order valence-corrected chi connectivity index (χ1v) is 12.1. The number of amides is 1. The van der Waals surface area contributed by atoms with Gasteiger partial charge in [-0.3, -0.25) is 9.10 Å². The number of furan rings is 1. The van der Waals surface area contributed by atoms with Gasteiger partial charge in [0, 0.05) is 10.9 Å². The molecule has 0 unspecified atom stereocenters. The third-order valence-corrected chi connectivity index (χ3v) is 6.40. The SMILES string of the molecule is CCOC(=O)c1c(-c2ccco2)csc1NC(=O)CN(c1ccccc1C)S(C)(=O)=O. The number of sulfonamides is 1. The zero-order valence-corrected chi connectivity index (χ0v) is 18.9. The summed E-state index contributed by atoms with van der Waals surface area (Å²) in [5.41, 5.74) is 1.77. The summed E-state index contributed by atoms with van der Waals surface area (Å²) >= 11 is 1.13. The normalized spacial score (nSPS) is 11.2. The predicted octanol–water partition coefficient (Wildman–Crippen LogP) is 3.90. The topological polar surface area (TPSA) is 106 Å². The number of para-hydroxylation sites is 1. The van der Waals surface area contributed by atoms with E-state index in [1.165, 1.54) is 6.26 Å². The lowest BCUT2D eigenvalue weighted by Gasteiger charge is -2.23. The minimum absolute atomic E-state index is 0.162. The van der Waals surface area contributed by atoms with Gasteiger partial charge in [0.2, 0.25) is 15.9 Å². The van der Waals surface area contributed by atoms with Crippen LogP contribution in [0.1, 0.15) is 22.8 Å². The predicted molar refractivity (Wildman–Crippen MR) is 120 cm³/mol. The van der Waals surface area contributed by atoms with Crippen molar-refractivity contribution >= 4 is 43.9 Å². The number of carbonyl (C=O) groups excluding carboxylic acids is 2. The standard InChI is InChI=1S/C21H22N2O6S2/c1-4-28-21(25)19-15(17-10-7-11-29-17)13-30-20(19)22-18(24)12-23(31(3,26)27)16-9-6-5-8-14(16)2/h5-11,13H,4,12H2,1-3H3,(H,22,24). The largest absolute Gasteiger partial charge is 0.464 e. The molecule has 1 N–H and O–H groups in total. The van der Waals surface area contributed by atoms with Gasteiger partial charge in [0.25, 0.3) is 0 Å². The highest BCUT2D eigenvalue weighted by molar-refractivity contribution is 7.92. The Morgan fingerprint density at radius 2 is 1.94 bits per heavy atom. The zero-order valence-electron chi connectivity index (χ0n) is 17.2. The molecule has 0 atom stereocenters. The number of anilines is 2. The highest BCUT2D eigenvalue weighted by Crippen LogP contribution is 2.36. The van der Waals surface area contributed by atoms with Crippen molar-refractivity contribution in [2.75, 3.05) is 29.0 Å². The van der Waals surface area contributed by atoms with E-state index in [2.05, 4.69) is 5.32 Å². The van der Waals surface area contributed by atoms with Gasteiger partial charge in [-0.05, 0) is 37.6 Å². The Morgan fingerprint density at radius 3 is 2.55 bits per heavy atom. The minimum atomic E-state index is -3.72. The van der Waals surface area contributed by atoms with E-state index in [0.717, 1.165) is 21.9 Å². The third-order valence-electron chi connectivity index (χ3n) is 4.38. The second-order valence-corrected chi connectivity index (χ2v) is 9.44. The molecule has 31 heavy (non-hydrogen) atoms. The van der Waals surface area contributed by atoms with E-state index in [1.54, 1.807) is 55.6 Å². The average Bonchev–Trinajstić information content (AvgIpc) is 3.36. The molecule has 8 nitrogen and oxygen atoms in total. The Bertz CT molecular complexity index is 1180. The first kappa shape index (κ1) is 22.6. The smallest absolute Gasteiger partial charge is 0.341 e. The van der Waals surface area contributed by atoms with Crippen LogP contribution in [0.4, 0.5) is 10.7 Å². The summed E-state index contributed by atoms with van der Waals surface area (Å²) in [7, 11) is -3.72. The van der Waals surface area contributed by atoms with Gasteiger partial charge in [-0.2, -0.15) is 0 Å². The number of hydrogen-bond donors (Lipinski definition) is 1. The molecule has 0 aliphatic carbocycles. The Balaban J connectivity index is 1.90. The van der Waals surface area contributed by atoms with Crippen molar-refractivity contribution in [3.05, 3.63) is 59.2 Å². The number of carbonyl (C=O) groups is 2. The monoisotopic (exact) mass is 462 g/mol. The van der Waals surface area contributed by atoms with E-state index >= 15 is 0 Å². The Kier molecular flexibility index (Phi) is 6.81. The maximum atomic E-state index is 12.8. The average molecular weight is 463 g/mol. The number of rotatable bonds is 8. The zero-order chi connectivity index (χ0) is 22.6. The first-order chi connectivity index (χ1) is 14.7. The lowest BCUT2D eigenvalue weighted by atomic mass is 10.1. The Labute approximate surface area is 184 Å². The van der Waals surface area contributed by atoms with Gasteiger partial charge >= 0.3 is 5.97 Å². The van der Waals surface area contributed by atoms with E-state index in [-0.39, 0.29) is 17.2 Å². The molecule has 0 aliphatic heterocycles. The third kappa shape index (κ3) is 5.15. The number of aryl methyl sites for hydroxylation is 1. The van der Waals surface area contributed by atoms with Gasteiger partial charge < -0.3 is 14.5 Å². The van der Waals surface area contributed by atoms with Crippen LogP contribution in [0, 0.1) is 6.92 Å². The van der Waals surface area contributed by atoms with Gasteiger partial charge in [0.1, 0.15) is 22.9 Å². The number of nitrogens with zero attached hydrogens (tertiary/aromatic N) is 1. The summed E-state index contributed by atoms with van der Waals surface area (Å²) in [5, 5.41) is 4.59. The lowest BCUT2D eigenvalue weighted by Crippen LogP contribution is -2.37. The lowest BCUT2D eigenvalue weighted by molar-refractivity contribution is -0.114. The van der Waals surface area contributed by atoms with Crippen molar-refractivity contribution < 1.29 is 27.2 Å². The molecule has 0 aliphatic rings. The highest BCUT2D eigenvalue weighted by atomic mass is 32.2. The van der Waals surface area contributed by atoms with Gasteiger partial charge in [-0.25, -0.2) is 13.2 Å². The van der Waals surface area contributed by atoms with Crippen molar-refractivity contribution in [3.8, 4) is 11.3 Å². The molecule has 0 saturated heterocycles. The number of ether oxygens (including phenoxy) is 1. The molecule has 2 aromatic heterocycles. The summed E-state index contributed by atoms with van der Waals surface area (Å²) in [6, 6.07) is 10.3. The summed E-state index contributed by atoms with van der Waals surface area (Å²) in [4.78, 5) is 25.4. The van der Waals surface area contributed by atoms with Gasteiger partial charge in [0.05, 0.1) is 24.8 Å². The second-order valence-electron chi connectivity index (χ2n) is 6.66. The van der Waals surface area contributed by atoms with Crippen LogP contribution in [-0.2, 0) is 19.6 Å². The summed E-state index contributed by atoms with van der Waals surface area (Å²) in [5.74, 6) is -0.742. The van der Waals surface area contributed by atoms with E-state index in [0.29, 0.717) is 22.6 Å². The van der Waals surface area contributed by atoms with Crippen LogP contribution in [0.2, 0.25) is 0 Å². The van der Waals surface area contributed by atoms with Crippen LogP contribution < -0.4 is 9.62 Å². The molecular weight excluding hydrogens is 440 g/mol. The number of benzene rings is 1. The quantitative estimate of drug-likeness (QED) is 0.509. The maximum Gasteiger partial charge on any atom is 0.341 e. The summed E-state index contributed by atoms with van der Waals surface area (Å²) < 4.78 is 36.3. The van der Waals surface area contributed by atoms with Crippen LogP contribution >= 0.6 is 11.3 Å². The fourth-order valence-electron chi connectivity index (χ4n) is 2.99. The van der Waals surface area contributed by atoms with Crippen LogP contribution in [0.5, 0.6) is 0 Å². The fraction of sp³-hybridized carbons (Fsp3) is 0.238. The molecule has 164 valence electrons. The molecule has 0 spiro atoms. The van der Waals surface area contributed by atoms with E-state index < -0.39 is 28.4 Å². The molecule has 0 bridgehead atoms. The van der Waals surface area contributed by atoms with Crippen molar-refractivity contribution in [1.29, 1.82) is 0 Å². The highest BCUT2D eigenvalue weighted by Gasteiger charge is 2.26. The van der Waals surface area contributed by atoms with Crippen molar-refractivity contribution in [2.24, 2.45) is 0 Å². The van der Waals surface area contributed by atoms with Crippen molar-refractivity contribution in [3.63, 3.8) is 0 Å². The van der Waals surface area contributed by atoms with Crippen LogP contribution in [0.25, 0.3) is 11.3 Å². The van der Waals surface area contributed by atoms with Gasteiger partial charge in [-0.15, -0.1) is 11.3 Å². The van der Waals surface area contributed by atoms with Crippen LogP contribution in [0.15, 0.2) is 52.5 Å². The molecule has 10 heteroatoms. The Morgan fingerprint density at radius 1 is 1.19 bits per heavy atom. The Hall–Kier alpha value is -3.11. The molecule has 3 aromatic rings. The second kappa shape index (κ2) is 9.36. The number of nitrogens with one attached hydrogen (secondary N) is 1. The van der Waals surface area contributed by atoms with Gasteiger partial charge in [0.15, 0.2) is 0 Å². The molecule has 2 heterocycles. The molecule has 0 saturated carbocycles. The van der Waals surface area contributed by atoms with Crippen LogP contribution in [-0.4, -0.2) is 39.7 Å². The van der Waals surface area contributed by atoms with E-state index in [9.17, 15) is 18.0 Å². The van der Waals surface area contributed by atoms with Crippen LogP contribution in [0.3, 0.4) is 0 Å². The van der Waals surface area contributed by atoms with Crippen molar-refractivity contribution in [2.45, 2.75) is 13.8 Å². The van der Waals surface area contributed by atoms with Crippen molar-refractivity contribution in [1.82, 2.24) is 0 Å². The van der Waals surface area contributed by atoms with Gasteiger partial charge in [-0.1, -0.05) is 18.2 Å². The number of hydrogen-bond acceptors (Lipinski definition) is 7. The van der Waals surface area contributed by atoms with E-state index in [4.69, 9.17) is 9.15 Å². The summed E-state index contributed by atoms with van der Waals surface area (Å²) in [6.07, 6.45) is 2.52. The minimum Gasteiger partial charge on any atom is -0.464 e. The molecule has 0 fully saturated rings. The molecule has 1 aromatic carbocycles.